The number of hydrogen-bond donors (Lipinski definition) is 1. The highest BCUT2D eigenvalue weighted by Gasteiger charge is 2.30. The number of rotatable bonds is 5. The summed E-state index contributed by atoms with van der Waals surface area (Å²) in [6, 6.07) is 11.3. The van der Waals surface area contributed by atoms with E-state index in [1.165, 1.54) is 10.4 Å². The van der Waals surface area contributed by atoms with E-state index in [2.05, 4.69) is 15.9 Å². The smallest absolute Gasteiger partial charge is 0.266 e. The summed E-state index contributed by atoms with van der Waals surface area (Å²) in [6.07, 6.45) is 0. The first-order valence-corrected chi connectivity index (χ1v) is 10.4. The molecule has 136 valence electrons. The lowest BCUT2D eigenvalue weighted by molar-refractivity contribution is 0.0786. The number of halogens is 2. The van der Waals surface area contributed by atoms with Gasteiger partial charge in [0.25, 0.3) is 10.0 Å². The van der Waals surface area contributed by atoms with Crippen molar-refractivity contribution in [2.24, 2.45) is 0 Å². The standard InChI is InChI=1S/C18H21BrClNO3S/c1-12(2)21(15-8-5-13(6-9-15)18(3,4)22)25(23,24)17-11-14(19)7-10-16(17)20/h5-12,22H,1-4H3. The summed E-state index contributed by atoms with van der Waals surface area (Å²) in [5, 5.41) is 10.2. The van der Waals surface area contributed by atoms with E-state index in [9.17, 15) is 13.5 Å². The highest BCUT2D eigenvalue weighted by atomic mass is 79.9. The van der Waals surface area contributed by atoms with Gasteiger partial charge in [-0.25, -0.2) is 8.42 Å². The van der Waals surface area contributed by atoms with Crippen molar-refractivity contribution in [1.82, 2.24) is 0 Å². The average Bonchev–Trinajstić information content (AvgIpc) is 2.48. The van der Waals surface area contributed by atoms with Gasteiger partial charge in [0.2, 0.25) is 0 Å². The summed E-state index contributed by atoms with van der Waals surface area (Å²) in [6.45, 7) is 6.96. The number of benzene rings is 2. The van der Waals surface area contributed by atoms with Gasteiger partial charge in [-0.05, 0) is 63.6 Å². The molecule has 0 aliphatic heterocycles. The lowest BCUT2D eigenvalue weighted by Crippen LogP contribution is -2.37. The number of anilines is 1. The van der Waals surface area contributed by atoms with E-state index in [1.807, 2.05) is 0 Å². The zero-order chi connectivity index (χ0) is 19.0. The Kier molecular flexibility index (Phi) is 5.88. The van der Waals surface area contributed by atoms with Gasteiger partial charge in [0.15, 0.2) is 0 Å². The highest BCUT2D eigenvalue weighted by molar-refractivity contribution is 9.10. The third kappa shape index (κ3) is 4.37. The second-order valence-corrected chi connectivity index (χ2v) is 9.68. The molecule has 0 spiro atoms. The van der Waals surface area contributed by atoms with Crippen LogP contribution in [0.2, 0.25) is 5.02 Å². The van der Waals surface area contributed by atoms with E-state index in [1.54, 1.807) is 64.1 Å². The molecule has 0 aromatic heterocycles. The summed E-state index contributed by atoms with van der Waals surface area (Å²) in [7, 11) is -3.85. The van der Waals surface area contributed by atoms with Crippen LogP contribution >= 0.6 is 27.5 Å². The molecule has 2 aromatic rings. The minimum absolute atomic E-state index is 0.0452. The maximum Gasteiger partial charge on any atom is 0.266 e. The minimum Gasteiger partial charge on any atom is -0.386 e. The van der Waals surface area contributed by atoms with Crippen LogP contribution in [0.15, 0.2) is 51.8 Å². The molecule has 0 saturated heterocycles. The van der Waals surface area contributed by atoms with E-state index in [-0.39, 0.29) is 16.0 Å². The van der Waals surface area contributed by atoms with Crippen LogP contribution < -0.4 is 4.31 Å². The molecule has 0 saturated carbocycles. The molecule has 0 fully saturated rings. The van der Waals surface area contributed by atoms with Gasteiger partial charge in [0, 0.05) is 10.5 Å². The Morgan fingerprint density at radius 2 is 1.68 bits per heavy atom. The Balaban J connectivity index is 2.56. The third-order valence-corrected chi connectivity index (χ3v) is 6.71. The molecule has 1 N–H and O–H groups in total. The summed E-state index contributed by atoms with van der Waals surface area (Å²) in [4.78, 5) is 0.0452. The van der Waals surface area contributed by atoms with Crippen molar-refractivity contribution in [1.29, 1.82) is 0 Å². The molecule has 2 aromatic carbocycles. The van der Waals surface area contributed by atoms with E-state index in [0.717, 1.165) is 0 Å². The van der Waals surface area contributed by atoms with E-state index >= 15 is 0 Å². The van der Waals surface area contributed by atoms with Crippen molar-refractivity contribution in [3.05, 3.63) is 57.5 Å². The second-order valence-electron chi connectivity index (χ2n) is 6.58. The van der Waals surface area contributed by atoms with E-state index in [0.29, 0.717) is 15.7 Å². The number of hydrogen-bond acceptors (Lipinski definition) is 3. The first kappa shape index (κ1) is 20.2. The summed E-state index contributed by atoms with van der Waals surface area (Å²) in [5.41, 5.74) is 0.227. The van der Waals surface area contributed by atoms with Crippen LogP contribution in [0.1, 0.15) is 33.3 Å². The van der Waals surface area contributed by atoms with Crippen LogP contribution in [-0.4, -0.2) is 19.6 Å². The first-order chi connectivity index (χ1) is 11.4. The van der Waals surface area contributed by atoms with Gasteiger partial charge in [0.1, 0.15) is 4.90 Å². The topological polar surface area (TPSA) is 57.6 Å². The third-order valence-electron chi connectivity index (χ3n) is 3.73. The maximum atomic E-state index is 13.2. The van der Waals surface area contributed by atoms with Gasteiger partial charge < -0.3 is 5.11 Å². The van der Waals surface area contributed by atoms with Crippen LogP contribution in [0.3, 0.4) is 0 Å². The van der Waals surface area contributed by atoms with Gasteiger partial charge in [0.05, 0.1) is 16.3 Å². The van der Waals surface area contributed by atoms with Gasteiger partial charge in [-0.1, -0.05) is 39.7 Å². The Labute approximate surface area is 162 Å². The average molecular weight is 447 g/mol. The molecule has 0 amide bonds. The summed E-state index contributed by atoms with van der Waals surface area (Å²) < 4.78 is 28.4. The molecule has 2 rings (SSSR count). The Morgan fingerprint density at radius 1 is 1.12 bits per heavy atom. The minimum atomic E-state index is -3.85. The fraction of sp³-hybridized carbons (Fsp3) is 0.333. The predicted octanol–water partition coefficient (Wildman–Crippen LogP) is 4.93. The molecule has 4 nitrogen and oxygen atoms in total. The molecule has 0 heterocycles. The van der Waals surface area contributed by atoms with Gasteiger partial charge >= 0.3 is 0 Å². The van der Waals surface area contributed by atoms with Crippen LogP contribution in [0.25, 0.3) is 0 Å². The van der Waals surface area contributed by atoms with Crippen molar-refractivity contribution in [2.75, 3.05) is 4.31 Å². The molecular formula is C18H21BrClNO3S. The first-order valence-electron chi connectivity index (χ1n) is 7.77. The van der Waals surface area contributed by atoms with Crippen LogP contribution in [0.4, 0.5) is 5.69 Å². The number of sulfonamides is 1. The molecule has 0 unspecified atom stereocenters. The van der Waals surface area contributed by atoms with Crippen molar-refractivity contribution in [3.8, 4) is 0 Å². The fourth-order valence-electron chi connectivity index (χ4n) is 2.51. The van der Waals surface area contributed by atoms with E-state index in [4.69, 9.17) is 11.6 Å². The zero-order valence-corrected chi connectivity index (χ0v) is 17.7. The lowest BCUT2D eigenvalue weighted by Gasteiger charge is -2.29. The Hall–Kier alpha value is -1.08. The summed E-state index contributed by atoms with van der Waals surface area (Å²) in [5.74, 6) is 0. The SMILES string of the molecule is CC(C)N(c1ccc(C(C)(C)O)cc1)S(=O)(=O)c1cc(Br)ccc1Cl. The fourth-order valence-corrected chi connectivity index (χ4v) is 5.19. The molecule has 7 heteroatoms. The van der Waals surface area contributed by atoms with Crippen molar-refractivity contribution in [3.63, 3.8) is 0 Å². The van der Waals surface area contributed by atoms with Crippen molar-refractivity contribution in [2.45, 2.75) is 44.2 Å². The highest BCUT2D eigenvalue weighted by Crippen LogP contribution is 2.33. The Bertz CT molecular complexity index is 859. The van der Waals surface area contributed by atoms with Gasteiger partial charge in [-0.15, -0.1) is 0 Å². The molecule has 0 radical (unpaired) electrons. The quantitative estimate of drug-likeness (QED) is 0.708. The normalized spacial score (nSPS) is 12.5. The van der Waals surface area contributed by atoms with Crippen LogP contribution in [0.5, 0.6) is 0 Å². The van der Waals surface area contributed by atoms with Gasteiger partial charge in [-0.2, -0.15) is 0 Å². The maximum absolute atomic E-state index is 13.2. The van der Waals surface area contributed by atoms with Crippen molar-refractivity contribution >= 4 is 43.2 Å². The van der Waals surface area contributed by atoms with Crippen LogP contribution in [0, 0.1) is 0 Å². The molecule has 25 heavy (non-hydrogen) atoms. The molecule has 0 atom stereocenters. The second kappa shape index (κ2) is 7.27. The molecule has 0 aliphatic carbocycles. The molecule has 0 aliphatic rings. The predicted molar refractivity (Wildman–Crippen MR) is 106 cm³/mol. The largest absolute Gasteiger partial charge is 0.386 e. The molecule has 0 bridgehead atoms. The summed E-state index contributed by atoms with van der Waals surface area (Å²) >= 11 is 9.44. The lowest BCUT2D eigenvalue weighted by atomic mass is 9.98. The van der Waals surface area contributed by atoms with Gasteiger partial charge in [-0.3, -0.25) is 4.31 Å². The number of nitrogens with zero attached hydrogens (tertiary/aromatic N) is 1. The van der Waals surface area contributed by atoms with Crippen LogP contribution in [-0.2, 0) is 15.6 Å². The monoisotopic (exact) mass is 445 g/mol. The number of aliphatic hydroxyl groups is 1. The Morgan fingerprint density at radius 3 is 2.16 bits per heavy atom. The molecular weight excluding hydrogens is 426 g/mol. The zero-order valence-electron chi connectivity index (χ0n) is 14.5. The van der Waals surface area contributed by atoms with E-state index < -0.39 is 15.6 Å². The van der Waals surface area contributed by atoms with Crippen molar-refractivity contribution < 1.29 is 13.5 Å².